The van der Waals surface area contributed by atoms with Gasteiger partial charge >= 0.3 is 0 Å². The Labute approximate surface area is 252 Å². The van der Waals surface area contributed by atoms with Gasteiger partial charge in [0.15, 0.2) is 0 Å². The molecule has 0 N–H and O–H groups in total. The molecule has 10 aromatic rings. The highest BCUT2D eigenvalue weighted by atomic mass is 16.3. The lowest BCUT2D eigenvalue weighted by atomic mass is 9.85. The van der Waals surface area contributed by atoms with Crippen LogP contribution in [-0.4, -0.2) is 0 Å². The fraction of sp³-hybridized carbons (Fsp3) is 0. The van der Waals surface area contributed by atoms with E-state index in [4.69, 9.17) is 8.83 Å². The third-order valence-corrected chi connectivity index (χ3v) is 9.21. The van der Waals surface area contributed by atoms with Crippen LogP contribution < -0.4 is 0 Å². The first-order valence-corrected chi connectivity index (χ1v) is 15.0. The summed E-state index contributed by atoms with van der Waals surface area (Å²) in [5.41, 5.74) is 8.39. The Balaban J connectivity index is 1.29. The van der Waals surface area contributed by atoms with E-state index in [9.17, 15) is 0 Å². The van der Waals surface area contributed by atoms with E-state index in [1.165, 1.54) is 43.6 Å². The Kier molecular flexibility index (Phi) is 4.75. The molecule has 0 aliphatic carbocycles. The summed E-state index contributed by atoms with van der Waals surface area (Å²) in [6.45, 7) is 0. The molecular formula is C42H24O2. The van der Waals surface area contributed by atoms with Gasteiger partial charge in [0.2, 0.25) is 0 Å². The Bertz CT molecular complexity index is 2700. The highest BCUT2D eigenvalue weighted by Crippen LogP contribution is 2.47. The molecule has 8 aromatic carbocycles. The van der Waals surface area contributed by atoms with Crippen molar-refractivity contribution in [2.75, 3.05) is 0 Å². The van der Waals surface area contributed by atoms with Crippen molar-refractivity contribution in [3.8, 4) is 22.3 Å². The topological polar surface area (TPSA) is 26.3 Å². The predicted molar refractivity (Wildman–Crippen MR) is 184 cm³/mol. The average molecular weight is 561 g/mol. The van der Waals surface area contributed by atoms with Gasteiger partial charge in [-0.1, -0.05) is 115 Å². The zero-order valence-electron chi connectivity index (χ0n) is 23.7. The number of furan rings is 2. The molecule has 0 aliphatic rings. The van der Waals surface area contributed by atoms with Gasteiger partial charge in [-0.25, -0.2) is 0 Å². The molecule has 0 spiro atoms. The second-order valence-corrected chi connectivity index (χ2v) is 11.6. The molecule has 0 bridgehead atoms. The van der Waals surface area contributed by atoms with E-state index in [1.54, 1.807) is 0 Å². The Hall–Kier alpha value is -5.86. The van der Waals surface area contributed by atoms with Gasteiger partial charge in [0.1, 0.15) is 22.3 Å². The van der Waals surface area contributed by atoms with Gasteiger partial charge in [0.05, 0.1) is 0 Å². The number of fused-ring (bicyclic) bond motifs is 9. The first-order chi connectivity index (χ1) is 21.8. The molecule has 0 unspecified atom stereocenters. The summed E-state index contributed by atoms with van der Waals surface area (Å²) in [4.78, 5) is 0. The molecule has 0 saturated heterocycles. The van der Waals surface area contributed by atoms with Crippen LogP contribution in [-0.2, 0) is 0 Å². The number of rotatable bonds is 2. The molecule has 0 atom stereocenters. The fourth-order valence-electron chi connectivity index (χ4n) is 7.29. The smallest absolute Gasteiger partial charge is 0.143 e. The molecular weight excluding hydrogens is 536 g/mol. The van der Waals surface area contributed by atoms with E-state index < -0.39 is 0 Å². The standard InChI is InChI=1S/C42H24O2/c1-2-11-25(12-3-1)40-29-14-4-6-16-31(29)41(32-17-7-5-15-30(32)40)34-19-10-18-33-36-22-26-21-35-28-13-8-9-20-37(28)43-38(35)23-27(26)24-39(36)44-42(33)34/h1-24H. The monoisotopic (exact) mass is 560 g/mol. The van der Waals surface area contributed by atoms with Crippen LogP contribution in [0.3, 0.4) is 0 Å². The largest absolute Gasteiger partial charge is 0.456 e. The molecule has 2 nitrogen and oxygen atoms in total. The minimum atomic E-state index is 0.880. The normalized spacial score (nSPS) is 12.1. The van der Waals surface area contributed by atoms with Crippen molar-refractivity contribution in [2.24, 2.45) is 0 Å². The maximum absolute atomic E-state index is 6.80. The van der Waals surface area contributed by atoms with E-state index >= 15 is 0 Å². The van der Waals surface area contributed by atoms with Gasteiger partial charge in [-0.3, -0.25) is 0 Å². The summed E-state index contributed by atoms with van der Waals surface area (Å²) < 4.78 is 13.0. The molecule has 0 saturated carbocycles. The van der Waals surface area contributed by atoms with Crippen LogP contribution in [0.1, 0.15) is 0 Å². The third kappa shape index (κ3) is 3.25. The summed E-state index contributed by atoms with van der Waals surface area (Å²) in [7, 11) is 0. The molecule has 0 fully saturated rings. The van der Waals surface area contributed by atoms with Gasteiger partial charge < -0.3 is 8.83 Å². The number of hydrogen-bond donors (Lipinski definition) is 0. The first kappa shape index (κ1) is 23.7. The highest BCUT2D eigenvalue weighted by molar-refractivity contribution is 6.25. The number of benzene rings is 8. The third-order valence-electron chi connectivity index (χ3n) is 9.21. The molecule has 2 heteroatoms. The predicted octanol–water partition coefficient (Wildman–Crippen LogP) is 12.3. The van der Waals surface area contributed by atoms with Gasteiger partial charge in [0.25, 0.3) is 0 Å². The summed E-state index contributed by atoms with van der Waals surface area (Å²) >= 11 is 0. The minimum absolute atomic E-state index is 0.880. The van der Waals surface area contributed by atoms with Crippen LogP contribution in [0.15, 0.2) is 154 Å². The maximum Gasteiger partial charge on any atom is 0.143 e. The van der Waals surface area contributed by atoms with E-state index in [2.05, 4.69) is 133 Å². The summed E-state index contributed by atoms with van der Waals surface area (Å²) in [5, 5.41) is 11.7. The van der Waals surface area contributed by atoms with Gasteiger partial charge in [0, 0.05) is 32.7 Å². The van der Waals surface area contributed by atoms with Gasteiger partial charge in [-0.05, 0) is 73.8 Å². The SMILES string of the molecule is c1ccc(-c2c3ccccc3c(-c3cccc4c3oc3cc5cc6oc7ccccc7c6cc5cc34)c3ccccc23)cc1. The van der Waals surface area contributed by atoms with E-state index in [0.29, 0.717) is 0 Å². The molecule has 0 aliphatic heterocycles. The summed E-state index contributed by atoms with van der Waals surface area (Å²) in [6.07, 6.45) is 0. The van der Waals surface area contributed by atoms with Crippen LogP contribution in [0.2, 0.25) is 0 Å². The Morgan fingerprint density at radius 1 is 0.318 bits per heavy atom. The van der Waals surface area contributed by atoms with Gasteiger partial charge in [-0.2, -0.15) is 0 Å². The quantitative estimate of drug-likeness (QED) is 0.197. The molecule has 204 valence electrons. The number of para-hydroxylation sites is 2. The Morgan fingerprint density at radius 3 is 1.55 bits per heavy atom. The lowest BCUT2D eigenvalue weighted by Crippen LogP contribution is -1.90. The van der Waals surface area contributed by atoms with Crippen molar-refractivity contribution in [1.29, 1.82) is 0 Å². The van der Waals surface area contributed by atoms with E-state index in [0.717, 1.165) is 54.8 Å². The van der Waals surface area contributed by atoms with Crippen molar-refractivity contribution >= 4 is 76.2 Å². The second kappa shape index (κ2) is 8.82. The van der Waals surface area contributed by atoms with Crippen molar-refractivity contribution < 1.29 is 8.83 Å². The van der Waals surface area contributed by atoms with E-state index in [1.807, 2.05) is 12.1 Å². The van der Waals surface area contributed by atoms with Crippen LogP contribution in [0.4, 0.5) is 0 Å². The zero-order chi connectivity index (χ0) is 28.8. The minimum Gasteiger partial charge on any atom is -0.456 e. The zero-order valence-corrected chi connectivity index (χ0v) is 23.7. The van der Waals surface area contributed by atoms with E-state index in [-0.39, 0.29) is 0 Å². The van der Waals surface area contributed by atoms with Crippen molar-refractivity contribution in [3.05, 3.63) is 146 Å². The highest BCUT2D eigenvalue weighted by Gasteiger charge is 2.20. The van der Waals surface area contributed by atoms with Gasteiger partial charge in [-0.15, -0.1) is 0 Å². The molecule has 2 heterocycles. The van der Waals surface area contributed by atoms with Crippen LogP contribution >= 0.6 is 0 Å². The molecule has 44 heavy (non-hydrogen) atoms. The van der Waals surface area contributed by atoms with Crippen LogP contribution in [0, 0.1) is 0 Å². The van der Waals surface area contributed by atoms with Crippen molar-refractivity contribution in [2.45, 2.75) is 0 Å². The van der Waals surface area contributed by atoms with Crippen LogP contribution in [0.25, 0.3) is 98.4 Å². The fourth-order valence-corrected chi connectivity index (χ4v) is 7.29. The molecule has 0 radical (unpaired) electrons. The lowest BCUT2D eigenvalue weighted by molar-refractivity contribution is 0.669. The average Bonchev–Trinajstić information content (AvgIpc) is 3.62. The summed E-state index contributed by atoms with van der Waals surface area (Å²) in [5.74, 6) is 0. The summed E-state index contributed by atoms with van der Waals surface area (Å²) in [6, 6.07) is 51.9. The molecule has 10 rings (SSSR count). The first-order valence-electron chi connectivity index (χ1n) is 15.0. The van der Waals surface area contributed by atoms with Crippen molar-refractivity contribution in [1.82, 2.24) is 0 Å². The maximum atomic E-state index is 6.80. The number of hydrogen-bond acceptors (Lipinski definition) is 2. The Morgan fingerprint density at radius 2 is 0.841 bits per heavy atom. The lowest BCUT2D eigenvalue weighted by Gasteiger charge is -2.17. The second-order valence-electron chi connectivity index (χ2n) is 11.6. The van der Waals surface area contributed by atoms with Crippen LogP contribution in [0.5, 0.6) is 0 Å². The molecule has 2 aromatic heterocycles. The molecule has 0 amide bonds. The van der Waals surface area contributed by atoms with Crippen molar-refractivity contribution in [3.63, 3.8) is 0 Å².